The summed E-state index contributed by atoms with van der Waals surface area (Å²) >= 11 is 0. The van der Waals surface area contributed by atoms with Crippen molar-refractivity contribution in [3.05, 3.63) is 34.2 Å². The van der Waals surface area contributed by atoms with Crippen LogP contribution in [0.4, 0.5) is 4.79 Å². The van der Waals surface area contributed by atoms with Gasteiger partial charge in [-0.05, 0) is 71.0 Å². The molecule has 1 aromatic heterocycles. The highest BCUT2D eigenvalue weighted by Crippen LogP contribution is 2.26. The fourth-order valence-electron chi connectivity index (χ4n) is 5.46. The minimum absolute atomic E-state index is 0.182. The number of carbonyl (C=O) groups excluding carboxylic acids is 3. The van der Waals surface area contributed by atoms with Crippen molar-refractivity contribution in [2.75, 3.05) is 26.7 Å². The number of imidazole rings is 1. The summed E-state index contributed by atoms with van der Waals surface area (Å²) in [6, 6.07) is 5.34. The van der Waals surface area contributed by atoms with Crippen LogP contribution in [0.15, 0.2) is 23.0 Å². The Bertz CT molecular complexity index is 1230. The number of fused-ring (bicyclic) bond motifs is 1. The highest BCUT2D eigenvalue weighted by Gasteiger charge is 2.32. The molecule has 0 bridgehead atoms. The Morgan fingerprint density at radius 2 is 1.84 bits per heavy atom. The number of piperidine rings is 2. The monoisotopic (exact) mass is 513 g/mol. The van der Waals surface area contributed by atoms with Crippen LogP contribution in [-0.2, 0) is 27.8 Å². The Hall–Kier alpha value is -3.14. The number of aryl methyl sites for hydroxylation is 2. The second-order valence-electron chi connectivity index (χ2n) is 11.2. The van der Waals surface area contributed by atoms with Gasteiger partial charge in [-0.2, -0.15) is 0 Å². The van der Waals surface area contributed by atoms with Crippen LogP contribution in [0.25, 0.3) is 11.0 Å². The lowest BCUT2D eigenvalue weighted by atomic mass is 10.0. The molecule has 1 unspecified atom stereocenters. The lowest BCUT2D eigenvalue weighted by Crippen LogP contribution is -2.47. The number of carbonyl (C=O) groups is 3. The van der Waals surface area contributed by atoms with Crippen molar-refractivity contribution < 1.29 is 19.1 Å². The first-order chi connectivity index (χ1) is 17.5. The summed E-state index contributed by atoms with van der Waals surface area (Å²) in [6.45, 7) is 8.41. The van der Waals surface area contributed by atoms with Gasteiger partial charge in [0.15, 0.2) is 0 Å². The molecule has 4 rings (SSSR count). The van der Waals surface area contributed by atoms with Gasteiger partial charge in [0.2, 0.25) is 11.8 Å². The van der Waals surface area contributed by atoms with Gasteiger partial charge in [-0.25, -0.2) is 9.59 Å². The third-order valence-corrected chi connectivity index (χ3v) is 7.41. The summed E-state index contributed by atoms with van der Waals surface area (Å²) in [5, 5.41) is 2.36. The largest absolute Gasteiger partial charge is 0.444 e. The molecule has 2 aliphatic rings. The van der Waals surface area contributed by atoms with Crippen LogP contribution in [0.3, 0.4) is 0 Å². The first-order valence-electron chi connectivity index (χ1n) is 13.2. The molecule has 10 nitrogen and oxygen atoms in total. The lowest BCUT2D eigenvalue weighted by Gasteiger charge is -2.37. The Balaban J connectivity index is 1.37. The molecule has 2 aliphatic heterocycles. The molecular formula is C27H39N5O5. The SMILES string of the molecule is CN(C(=O)OC(C)(C)C)C1CCN(CCCc2cccc3c2n(C)c(=O)n3C2CCC(=O)NC2=O)CC1. The normalized spacial score (nSPS) is 19.8. The molecule has 10 heteroatoms. The second kappa shape index (κ2) is 10.7. The van der Waals surface area contributed by atoms with Gasteiger partial charge in [0, 0.05) is 39.6 Å². The molecule has 0 saturated carbocycles. The number of likely N-dealkylation sites (tertiary alicyclic amines) is 1. The molecular weight excluding hydrogens is 474 g/mol. The summed E-state index contributed by atoms with van der Waals surface area (Å²) in [4.78, 5) is 53.7. The Kier molecular flexibility index (Phi) is 7.77. The van der Waals surface area contributed by atoms with Gasteiger partial charge in [0.25, 0.3) is 0 Å². The van der Waals surface area contributed by atoms with E-state index in [1.165, 1.54) is 4.57 Å². The predicted octanol–water partition coefficient (Wildman–Crippen LogP) is 2.58. The van der Waals surface area contributed by atoms with Crippen molar-refractivity contribution in [1.82, 2.24) is 24.3 Å². The first-order valence-corrected chi connectivity index (χ1v) is 13.2. The molecule has 0 radical (unpaired) electrons. The Morgan fingerprint density at radius 3 is 2.49 bits per heavy atom. The smallest absolute Gasteiger partial charge is 0.410 e. The molecule has 0 spiro atoms. The van der Waals surface area contributed by atoms with E-state index in [2.05, 4.69) is 10.2 Å². The minimum atomic E-state index is -0.677. The number of ether oxygens (including phenoxy) is 1. The molecule has 2 fully saturated rings. The number of amides is 3. The molecule has 3 amide bonds. The number of rotatable bonds is 6. The van der Waals surface area contributed by atoms with Crippen molar-refractivity contribution >= 4 is 28.9 Å². The molecule has 2 aromatic rings. The zero-order valence-corrected chi connectivity index (χ0v) is 22.6. The van der Waals surface area contributed by atoms with Crippen LogP contribution >= 0.6 is 0 Å². The minimum Gasteiger partial charge on any atom is -0.444 e. The molecule has 3 heterocycles. The van der Waals surface area contributed by atoms with Gasteiger partial charge in [0.05, 0.1) is 11.0 Å². The number of nitrogens with zero attached hydrogens (tertiary/aromatic N) is 4. The van der Waals surface area contributed by atoms with E-state index in [0.717, 1.165) is 61.9 Å². The quantitative estimate of drug-likeness (QED) is 0.596. The van der Waals surface area contributed by atoms with E-state index in [-0.39, 0.29) is 30.2 Å². The van der Waals surface area contributed by atoms with E-state index in [0.29, 0.717) is 6.42 Å². The van der Waals surface area contributed by atoms with E-state index in [1.54, 1.807) is 16.5 Å². The van der Waals surface area contributed by atoms with Gasteiger partial charge >= 0.3 is 11.8 Å². The zero-order valence-electron chi connectivity index (χ0n) is 22.6. The van der Waals surface area contributed by atoms with Crippen LogP contribution in [0.1, 0.15) is 64.5 Å². The molecule has 2 saturated heterocycles. The summed E-state index contributed by atoms with van der Waals surface area (Å²) in [7, 11) is 3.56. The predicted molar refractivity (Wildman–Crippen MR) is 140 cm³/mol. The average molecular weight is 514 g/mol. The van der Waals surface area contributed by atoms with E-state index < -0.39 is 17.6 Å². The number of benzene rings is 1. The number of aromatic nitrogens is 2. The third kappa shape index (κ3) is 5.89. The number of imide groups is 1. The summed E-state index contributed by atoms with van der Waals surface area (Å²) in [6.07, 6.45) is 3.85. The molecule has 37 heavy (non-hydrogen) atoms. The van der Waals surface area contributed by atoms with E-state index in [9.17, 15) is 19.2 Å². The van der Waals surface area contributed by atoms with Crippen LogP contribution in [0.5, 0.6) is 0 Å². The zero-order chi connectivity index (χ0) is 26.9. The topological polar surface area (TPSA) is 106 Å². The summed E-state index contributed by atoms with van der Waals surface area (Å²) < 4.78 is 8.66. The molecule has 202 valence electrons. The maximum Gasteiger partial charge on any atom is 0.410 e. The fourth-order valence-corrected chi connectivity index (χ4v) is 5.46. The van der Waals surface area contributed by atoms with E-state index in [1.807, 2.05) is 46.0 Å². The van der Waals surface area contributed by atoms with Crippen LogP contribution < -0.4 is 11.0 Å². The molecule has 0 aliphatic carbocycles. The third-order valence-electron chi connectivity index (χ3n) is 7.41. The second-order valence-corrected chi connectivity index (χ2v) is 11.2. The number of nitrogens with one attached hydrogen (secondary N) is 1. The maximum absolute atomic E-state index is 13.1. The molecule has 1 aromatic carbocycles. The highest BCUT2D eigenvalue weighted by molar-refractivity contribution is 6.00. The highest BCUT2D eigenvalue weighted by atomic mass is 16.6. The van der Waals surface area contributed by atoms with Gasteiger partial charge in [-0.15, -0.1) is 0 Å². The van der Waals surface area contributed by atoms with Gasteiger partial charge in [-0.1, -0.05) is 12.1 Å². The van der Waals surface area contributed by atoms with Crippen molar-refractivity contribution in [3.8, 4) is 0 Å². The average Bonchev–Trinajstić information content (AvgIpc) is 3.09. The molecule has 1 N–H and O–H groups in total. The van der Waals surface area contributed by atoms with Gasteiger partial charge in [-0.3, -0.25) is 24.0 Å². The lowest BCUT2D eigenvalue weighted by molar-refractivity contribution is -0.135. The van der Waals surface area contributed by atoms with Crippen LogP contribution in [-0.4, -0.2) is 75.2 Å². The Morgan fingerprint density at radius 1 is 1.14 bits per heavy atom. The fraction of sp³-hybridized carbons (Fsp3) is 0.630. The summed E-state index contributed by atoms with van der Waals surface area (Å²) in [5.41, 5.74) is 1.90. The van der Waals surface area contributed by atoms with Crippen molar-refractivity contribution in [1.29, 1.82) is 0 Å². The maximum atomic E-state index is 13.1. The molecule has 1 atom stereocenters. The van der Waals surface area contributed by atoms with Crippen LogP contribution in [0.2, 0.25) is 0 Å². The van der Waals surface area contributed by atoms with Crippen molar-refractivity contribution in [2.45, 2.75) is 77.0 Å². The summed E-state index contributed by atoms with van der Waals surface area (Å²) in [5.74, 6) is -0.715. The van der Waals surface area contributed by atoms with Gasteiger partial charge in [0.1, 0.15) is 11.6 Å². The van der Waals surface area contributed by atoms with E-state index in [4.69, 9.17) is 4.74 Å². The number of para-hydroxylation sites is 1. The standard InChI is InChI=1S/C27H39N5O5/c1-27(2,3)37-26(36)29(4)19-13-16-31(17-14-19)15-7-9-18-8-6-10-20-23(18)30(5)25(35)32(20)21-11-12-22(33)28-24(21)34/h6,8,10,19,21H,7,9,11-17H2,1-5H3,(H,28,33,34). The Labute approximate surface area is 217 Å². The van der Waals surface area contributed by atoms with Crippen molar-refractivity contribution in [3.63, 3.8) is 0 Å². The first kappa shape index (κ1) is 26.9. The van der Waals surface area contributed by atoms with Crippen LogP contribution in [0, 0.1) is 0 Å². The van der Waals surface area contributed by atoms with Gasteiger partial charge < -0.3 is 14.5 Å². The van der Waals surface area contributed by atoms with Crippen molar-refractivity contribution in [2.24, 2.45) is 7.05 Å². The van der Waals surface area contributed by atoms with E-state index >= 15 is 0 Å². The number of hydrogen-bond acceptors (Lipinski definition) is 6. The number of hydrogen-bond donors (Lipinski definition) is 1.